The number of β-amino-alcohol motifs (C(OH)–C–C–N with tert-alkyl or cyclic N) is 1. The number of aliphatic hydroxyl groups excluding tert-OH is 1. The first-order valence-electron chi connectivity index (χ1n) is 5.79. The summed E-state index contributed by atoms with van der Waals surface area (Å²) in [4.78, 5) is 2.44. The Morgan fingerprint density at radius 2 is 2.36 bits per heavy atom. The topological polar surface area (TPSA) is 32.7 Å². The normalized spacial score (nSPS) is 33.9. The maximum absolute atomic E-state index is 9.70. The van der Waals surface area contributed by atoms with Gasteiger partial charge in [-0.05, 0) is 32.1 Å². The average Bonchev–Trinajstić information content (AvgIpc) is 2.76. The molecule has 14 heavy (non-hydrogen) atoms. The molecule has 0 aromatic rings. The largest absolute Gasteiger partial charge is 0.389 e. The fourth-order valence-electron chi connectivity index (χ4n) is 2.83. The van der Waals surface area contributed by atoms with Crippen molar-refractivity contribution in [2.45, 2.75) is 38.3 Å². The van der Waals surface area contributed by atoms with Crippen LogP contribution in [0.1, 0.15) is 26.2 Å². The van der Waals surface area contributed by atoms with E-state index in [0.29, 0.717) is 13.2 Å². The second-order valence-electron chi connectivity index (χ2n) is 4.60. The molecule has 0 amide bonds. The molecule has 0 aromatic carbocycles. The number of piperidine rings is 1. The zero-order chi connectivity index (χ0) is 9.97. The van der Waals surface area contributed by atoms with E-state index in [0.717, 1.165) is 18.5 Å². The van der Waals surface area contributed by atoms with E-state index in [1.807, 2.05) is 6.92 Å². The maximum Gasteiger partial charge on any atom is 0.0900 e. The van der Waals surface area contributed by atoms with Crippen molar-refractivity contribution in [3.63, 3.8) is 0 Å². The molecule has 3 atom stereocenters. The van der Waals surface area contributed by atoms with Crippen LogP contribution in [0.5, 0.6) is 0 Å². The predicted octanol–water partition coefficient (Wildman–Crippen LogP) is 0.868. The zero-order valence-corrected chi connectivity index (χ0v) is 8.98. The van der Waals surface area contributed by atoms with Crippen LogP contribution >= 0.6 is 0 Å². The molecule has 1 saturated heterocycles. The molecule has 2 bridgehead atoms. The van der Waals surface area contributed by atoms with E-state index >= 15 is 0 Å². The maximum atomic E-state index is 9.70. The molecule has 1 heterocycles. The van der Waals surface area contributed by atoms with Gasteiger partial charge in [0, 0.05) is 25.7 Å². The number of nitrogens with zero attached hydrogens (tertiary/aromatic N) is 1. The highest BCUT2D eigenvalue weighted by Crippen LogP contribution is 2.37. The highest BCUT2D eigenvalue weighted by Gasteiger charge is 2.38. The van der Waals surface area contributed by atoms with Gasteiger partial charge in [-0.2, -0.15) is 0 Å². The lowest BCUT2D eigenvalue weighted by Crippen LogP contribution is -2.39. The Morgan fingerprint density at radius 3 is 2.93 bits per heavy atom. The van der Waals surface area contributed by atoms with Gasteiger partial charge >= 0.3 is 0 Å². The third-order valence-corrected chi connectivity index (χ3v) is 3.48. The molecule has 2 rings (SSSR count). The van der Waals surface area contributed by atoms with Crippen molar-refractivity contribution in [2.75, 3.05) is 26.3 Å². The minimum absolute atomic E-state index is 0.297. The van der Waals surface area contributed by atoms with E-state index in [4.69, 9.17) is 4.74 Å². The first kappa shape index (κ1) is 10.4. The molecule has 3 unspecified atom stereocenters. The molecular weight excluding hydrogens is 178 g/mol. The van der Waals surface area contributed by atoms with E-state index in [9.17, 15) is 5.11 Å². The van der Waals surface area contributed by atoms with Crippen molar-refractivity contribution in [2.24, 2.45) is 5.92 Å². The molecule has 1 aliphatic carbocycles. The monoisotopic (exact) mass is 199 g/mol. The first-order chi connectivity index (χ1) is 6.79. The van der Waals surface area contributed by atoms with Crippen LogP contribution in [0.15, 0.2) is 0 Å². The van der Waals surface area contributed by atoms with Crippen molar-refractivity contribution in [3.05, 3.63) is 0 Å². The van der Waals surface area contributed by atoms with Gasteiger partial charge in [-0.1, -0.05) is 0 Å². The van der Waals surface area contributed by atoms with Crippen LogP contribution in [-0.2, 0) is 4.74 Å². The third-order valence-electron chi connectivity index (χ3n) is 3.48. The van der Waals surface area contributed by atoms with E-state index in [-0.39, 0.29) is 6.10 Å². The number of likely N-dealkylation sites (tertiary alicyclic amines) is 1. The molecule has 2 aliphatic rings. The van der Waals surface area contributed by atoms with Gasteiger partial charge in [0.15, 0.2) is 0 Å². The van der Waals surface area contributed by atoms with Gasteiger partial charge in [0.2, 0.25) is 0 Å². The molecule has 0 spiro atoms. The summed E-state index contributed by atoms with van der Waals surface area (Å²) in [5.74, 6) is 0.916. The Morgan fingerprint density at radius 1 is 1.50 bits per heavy atom. The van der Waals surface area contributed by atoms with Crippen molar-refractivity contribution >= 4 is 0 Å². The van der Waals surface area contributed by atoms with E-state index < -0.39 is 0 Å². The zero-order valence-electron chi connectivity index (χ0n) is 8.98. The third kappa shape index (κ3) is 2.27. The fourth-order valence-corrected chi connectivity index (χ4v) is 2.83. The second kappa shape index (κ2) is 4.60. The summed E-state index contributed by atoms with van der Waals surface area (Å²) < 4.78 is 5.21. The lowest BCUT2D eigenvalue weighted by atomic mass is 10.1. The molecule has 1 aliphatic heterocycles. The van der Waals surface area contributed by atoms with Crippen molar-refractivity contribution < 1.29 is 9.84 Å². The van der Waals surface area contributed by atoms with Crippen molar-refractivity contribution in [1.29, 1.82) is 0 Å². The minimum Gasteiger partial charge on any atom is -0.389 e. The summed E-state index contributed by atoms with van der Waals surface area (Å²) in [7, 11) is 0. The SMILES string of the molecule is CCOCC(O)CN1CC2CCC1C2. The molecule has 1 saturated carbocycles. The molecule has 3 heteroatoms. The Labute approximate surface area is 86.0 Å². The number of aliphatic hydroxyl groups is 1. The molecule has 82 valence electrons. The van der Waals surface area contributed by atoms with Crippen LogP contribution in [0.4, 0.5) is 0 Å². The van der Waals surface area contributed by atoms with E-state index in [1.165, 1.54) is 25.8 Å². The summed E-state index contributed by atoms with van der Waals surface area (Å²) in [6.07, 6.45) is 3.81. The smallest absolute Gasteiger partial charge is 0.0900 e. The van der Waals surface area contributed by atoms with Crippen molar-refractivity contribution in [3.8, 4) is 0 Å². The lowest BCUT2D eigenvalue weighted by molar-refractivity contribution is 0.0153. The molecule has 0 radical (unpaired) electrons. The summed E-state index contributed by atoms with van der Waals surface area (Å²) in [6.45, 7) is 5.16. The molecule has 1 N–H and O–H groups in total. The highest BCUT2D eigenvalue weighted by molar-refractivity contribution is 4.92. The number of rotatable bonds is 5. The average molecular weight is 199 g/mol. The van der Waals surface area contributed by atoms with E-state index in [2.05, 4.69) is 4.90 Å². The Bertz CT molecular complexity index is 186. The summed E-state index contributed by atoms with van der Waals surface area (Å²) >= 11 is 0. The Kier molecular flexibility index (Phi) is 3.42. The molecule has 3 nitrogen and oxygen atoms in total. The van der Waals surface area contributed by atoms with Crippen LogP contribution in [0.2, 0.25) is 0 Å². The van der Waals surface area contributed by atoms with Gasteiger partial charge < -0.3 is 9.84 Å². The lowest BCUT2D eigenvalue weighted by Gasteiger charge is -2.28. The Hall–Kier alpha value is -0.120. The summed E-state index contributed by atoms with van der Waals surface area (Å²) in [6, 6.07) is 0.760. The van der Waals surface area contributed by atoms with Crippen LogP contribution in [0, 0.1) is 5.92 Å². The highest BCUT2D eigenvalue weighted by atomic mass is 16.5. The Balaban J connectivity index is 1.70. The van der Waals surface area contributed by atoms with Crippen molar-refractivity contribution in [1.82, 2.24) is 4.90 Å². The molecular formula is C11H21NO2. The van der Waals surface area contributed by atoms with E-state index in [1.54, 1.807) is 0 Å². The number of fused-ring (bicyclic) bond motifs is 2. The van der Waals surface area contributed by atoms with Gasteiger partial charge in [-0.3, -0.25) is 4.90 Å². The minimum atomic E-state index is -0.297. The first-order valence-corrected chi connectivity index (χ1v) is 5.79. The number of ether oxygens (including phenoxy) is 1. The van der Waals surface area contributed by atoms with Crippen LogP contribution in [0.3, 0.4) is 0 Å². The number of hydrogen-bond donors (Lipinski definition) is 1. The van der Waals surface area contributed by atoms with Gasteiger partial charge in [-0.15, -0.1) is 0 Å². The quantitative estimate of drug-likeness (QED) is 0.713. The fraction of sp³-hybridized carbons (Fsp3) is 1.00. The van der Waals surface area contributed by atoms with Crippen LogP contribution in [0.25, 0.3) is 0 Å². The van der Waals surface area contributed by atoms with Crippen LogP contribution < -0.4 is 0 Å². The van der Waals surface area contributed by atoms with Gasteiger partial charge in [0.25, 0.3) is 0 Å². The summed E-state index contributed by atoms with van der Waals surface area (Å²) in [5, 5.41) is 9.70. The summed E-state index contributed by atoms with van der Waals surface area (Å²) in [5.41, 5.74) is 0. The predicted molar refractivity (Wildman–Crippen MR) is 55.2 cm³/mol. The van der Waals surface area contributed by atoms with Gasteiger partial charge in [-0.25, -0.2) is 0 Å². The molecule has 2 fully saturated rings. The van der Waals surface area contributed by atoms with Gasteiger partial charge in [0.05, 0.1) is 12.7 Å². The van der Waals surface area contributed by atoms with Crippen LogP contribution in [-0.4, -0.2) is 48.5 Å². The molecule has 0 aromatic heterocycles. The second-order valence-corrected chi connectivity index (χ2v) is 4.60. The van der Waals surface area contributed by atoms with Gasteiger partial charge in [0.1, 0.15) is 0 Å². The number of hydrogen-bond acceptors (Lipinski definition) is 3. The standard InChI is InChI=1S/C11H21NO2/c1-2-14-8-11(13)7-12-6-9-3-4-10(12)5-9/h9-11,13H,2-8H2,1H3.